The minimum Gasteiger partial charge on any atom is -0.457 e. The van der Waals surface area contributed by atoms with Gasteiger partial charge < -0.3 is 9.47 Å². The lowest BCUT2D eigenvalue weighted by atomic mass is 10.2. The Bertz CT molecular complexity index is 402. The van der Waals surface area contributed by atoms with Crippen molar-refractivity contribution < 1.29 is 45.4 Å². The molecular weight excluding hydrogens is 310 g/mol. The van der Waals surface area contributed by atoms with E-state index in [1.54, 1.807) is 0 Å². The number of esters is 2. The molecule has 0 aromatic heterocycles. The third-order valence-electron chi connectivity index (χ3n) is 1.59. The molecule has 0 aromatic rings. The summed E-state index contributed by atoms with van der Waals surface area (Å²) < 4.78 is 80.4. The van der Waals surface area contributed by atoms with Gasteiger partial charge in [0.25, 0.3) is 6.10 Å². The fourth-order valence-corrected chi connectivity index (χ4v) is 0.947. The lowest BCUT2D eigenvalue weighted by Gasteiger charge is -2.22. The third kappa shape index (κ3) is 8.20. The molecule has 0 aliphatic carbocycles. The van der Waals surface area contributed by atoms with Crippen LogP contribution in [0.4, 0.5) is 26.3 Å². The Labute approximate surface area is 115 Å². The predicted molar refractivity (Wildman–Crippen MR) is 57.0 cm³/mol. The highest BCUT2D eigenvalue weighted by molar-refractivity contribution is 5.91. The first-order chi connectivity index (χ1) is 9.13. The van der Waals surface area contributed by atoms with E-state index in [2.05, 4.69) is 9.47 Å². The number of hydrogen-bond acceptors (Lipinski definition) is 4. The summed E-state index contributed by atoms with van der Waals surface area (Å²) in [5.41, 5.74) is -0.939. The highest BCUT2D eigenvalue weighted by Crippen LogP contribution is 2.35. The van der Waals surface area contributed by atoms with Gasteiger partial charge in [-0.15, -0.1) is 0 Å². The molecule has 0 radical (unpaired) electrons. The highest BCUT2D eigenvalue weighted by atomic mass is 19.4. The molecule has 0 bridgehead atoms. The Morgan fingerprint density at radius 3 is 1.57 bits per heavy atom. The normalized spacial score (nSPS) is 13.6. The Hall–Kier alpha value is -1.74. The van der Waals surface area contributed by atoms with E-state index in [1.807, 2.05) is 0 Å². The Morgan fingerprint density at radius 1 is 0.857 bits per heavy atom. The Balaban J connectivity index is 4.78. The van der Waals surface area contributed by atoms with Gasteiger partial charge in [-0.1, -0.05) is 0 Å². The molecule has 0 saturated carbocycles. The summed E-state index contributed by atoms with van der Waals surface area (Å²) in [4.78, 5) is 22.0. The second-order valence-corrected chi connectivity index (χ2v) is 4.77. The molecule has 0 fully saturated rings. The summed E-state index contributed by atoms with van der Waals surface area (Å²) in [5, 5.41) is 0. The second kappa shape index (κ2) is 6.35. The third-order valence-corrected chi connectivity index (χ3v) is 1.59. The summed E-state index contributed by atoms with van der Waals surface area (Å²) in [6.45, 7) is 4.42. The van der Waals surface area contributed by atoms with Crippen LogP contribution in [0.25, 0.3) is 0 Å². The van der Waals surface area contributed by atoms with Gasteiger partial charge in [-0.2, -0.15) is 26.3 Å². The van der Waals surface area contributed by atoms with Crippen LogP contribution in [0.3, 0.4) is 0 Å². The largest absolute Gasteiger partial charge is 0.457 e. The van der Waals surface area contributed by atoms with Crippen LogP contribution in [-0.2, 0) is 19.1 Å². The van der Waals surface area contributed by atoms with Gasteiger partial charge in [0.15, 0.2) is 0 Å². The van der Waals surface area contributed by atoms with Gasteiger partial charge in [-0.25, -0.2) is 9.59 Å². The number of carbonyl (C=O) groups excluding carboxylic acids is 2. The maximum atomic E-state index is 12.1. The number of ether oxygens (including phenoxy) is 2. The molecule has 4 nitrogen and oxygen atoms in total. The SMILES string of the molecule is CC(C)(C)OC(=O)/C=C/C(=O)OC(C(F)(F)F)C(F)(F)F. The monoisotopic (exact) mass is 322 g/mol. The summed E-state index contributed by atoms with van der Waals surface area (Å²) >= 11 is 0. The first kappa shape index (κ1) is 19.3. The highest BCUT2D eigenvalue weighted by Gasteiger charge is 2.59. The van der Waals surface area contributed by atoms with Gasteiger partial charge in [0.2, 0.25) is 0 Å². The minimum atomic E-state index is -5.81. The minimum absolute atomic E-state index is 0.124. The van der Waals surface area contributed by atoms with E-state index in [-0.39, 0.29) is 6.08 Å². The summed E-state index contributed by atoms with van der Waals surface area (Å²) in [6, 6.07) is 0. The van der Waals surface area contributed by atoms with E-state index in [4.69, 9.17) is 0 Å². The van der Waals surface area contributed by atoms with Crippen molar-refractivity contribution in [3.8, 4) is 0 Å². The van der Waals surface area contributed by atoms with Crippen LogP contribution in [0, 0.1) is 0 Å². The molecule has 0 saturated heterocycles. The number of rotatable bonds is 3. The van der Waals surface area contributed by atoms with E-state index in [1.165, 1.54) is 20.8 Å². The van der Waals surface area contributed by atoms with Gasteiger partial charge in [-0.05, 0) is 20.8 Å². The average Bonchev–Trinajstić information content (AvgIpc) is 2.17. The molecule has 0 heterocycles. The predicted octanol–water partition coefficient (Wildman–Crippen LogP) is 2.92. The van der Waals surface area contributed by atoms with Crippen molar-refractivity contribution in [2.24, 2.45) is 0 Å². The molecule has 0 N–H and O–H groups in total. The number of halogens is 6. The van der Waals surface area contributed by atoms with Crippen molar-refractivity contribution in [2.75, 3.05) is 0 Å². The van der Waals surface area contributed by atoms with Gasteiger partial charge >= 0.3 is 24.3 Å². The molecule has 0 unspecified atom stereocenters. The van der Waals surface area contributed by atoms with Crippen LogP contribution in [0.15, 0.2) is 12.2 Å². The molecule has 10 heteroatoms. The maximum absolute atomic E-state index is 12.1. The van der Waals surface area contributed by atoms with E-state index in [9.17, 15) is 35.9 Å². The first-order valence-electron chi connectivity index (χ1n) is 5.38. The van der Waals surface area contributed by atoms with Gasteiger partial charge in [0.05, 0.1) is 0 Å². The molecule has 0 spiro atoms. The van der Waals surface area contributed by atoms with Crippen molar-refractivity contribution in [3.63, 3.8) is 0 Å². The van der Waals surface area contributed by atoms with Crippen molar-refractivity contribution in [2.45, 2.75) is 44.8 Å². The Kier molecular flexibility index (Phi) is 5.83. The lowest BCUT2D eigenvalue weighted by molar-refractivity contribution is -0.312. The Morgan fingerprint density at radius 2 is 1.24 bits per heavy atom. The second-order valence-electron chi connectivity index (χ2n) is 4.77. The number of alkyl halides is 6. The molecule has 122 valence electrons. The van der Waals surface area contributed by atoms with E-state index < -0.39 is 36.0 Å². The molecule has 21 heavy (non-hydrogen) atoms. The quantitative estimate of drug-likeness (QED) is 0.455. The number of hydrogen-bond donors (Lipinski definition) is 0. The zero-order valence-corrected chi connectivity index (χ0v) is 11.1. The molecule has 0 aliphatic rings. The van der Waals surface area contributed by atoms with E-state index in [0.717, 1.165) is 0 Å². The zero-order valence-electron chi connectivity index (χ0n) is 11.1. The smallest absolute Gasteiger partial charge is 0.434 e. The maximum Gasteiger partial charge on any atom is 0.434 e. The molecule has 0 aromatic carbocycles. The lowest BCUT2D eigenvalue weighted by Crippen LogP contribution is -2.45. The van der Waals surface area contributed by atoms with Gasteiger partial charge in [0, 0.05) is 12.2 Å². The van der Waals surface area contributed by atoms with Crippen molar-refractivity contribution in [1.29, 1.82) is 0 Å². The number of carbonyl (C=O) groups is 2. The van der Waals surface area contributed by atoms with Crippen molar-refractivity contribution in [1.82, 2.24) is 0 Å². The van der Waals surface area contributed by atoms with Crippen LogP contribution in [-0.4, -0.2) is 36.0 Å². The van der Waals surface area contributed by atoms with Crippen LogP contribution in [0.2, 0.25) is 0 Å². The van der Waals surface area contributed by atoms with E-state index in [0.29, 0.717) is 6.08 Å². The van der Waals surface area contributed by atoms with Crippen LogP contribution in [0.1, 0.15) is 20.8 Å². The van der Waals surface area contributed by atoms with Crippen molar-refractivity contribution >= 4 is 11.9 Å². The molecular formula is C11H12F6O4. The molecule has 0 amide bonds. The summed E-state index contributed by atoms with van der Waals surface area (Å²) in [6.07, 6.45) is -15.4. The fourth-order valence-electron chi connectivity index (χ4n) is 0.947. The first-order valence-corrected chi connectivity index (χ1v) is 5.38. The topological polar surface area (TPSA) is 52.6 Å². The standard InChI is InChI=1S/C11H12F6O4/c1-9(2,3)21-7(19)5-4-6(18)20-8(10(12,13)14)11(15,16)17/h4-5,8H,1-3H3/b5-4+. The van der Waals surface area contributed by atoms with Crippen molar-refractivity contribution in [3.05, 3.63) is 12.2 Å². The van der Waals surface area contributed by atoms with Gasteiger partial charge in [0.1, 0.15) is 5.60 Å². The van der Waals surface area contributed by atoms with Crippen LogP contribution in [0.5, 0.6) is 0 Å². The van der Waals surface area contributed by atoms with Gasteiger partial charge in [-0.3, -0.25) is 0 Å². The summed E-state index contributed by atoms with van der Waals surface area (Å²) in [7, 11) is 0. The molecule has 0 aliphatic heterocycles. The van der Waals surface area contributed by atoms with Crippen LogP contribution < -0.4 is 0 Å². The molecule has 0 atom stereocenters. The summed E-state index contributed by atoms with van der Waals surface area (Å²) in [5.74, 6) is -3.09. The van der Waals surface area contributed by atoms with E-state index >= 15 is 0 Å². The average molecular weight is 322 g/mol. The fraction of sp³-hybridized carbons (Fsp3) is 0.636. The van der Waals surface area contributed by atoms with Crippen LogP contribution >= 0.6 is 0 Å². The molecule has 0 rings (SSSR count). The zero-order chi connectivity index (χ0) is 17.1.